The molecule has 0 radical (unpaired) electrons. The molecule has 0 saturated heterocycles. The van der Waals surface area contributed by atoms with Crippen molar-refractivity contribution in [1.29, 1.82) is 0 Å². The molecule has 10 heavy (non-hydrogen) atoms. The molecule has 8 heteroatoms. The molecule has 0 saturated carbocycles. The van der Waals surface area contributed by atoms with E-state index in [1.165, 1.54) is 0 Å². The molecule has 66 valence electrons. The Morgan fingerprint density at radius 2 is 1.00 bits per heavy atom. The van der Waals surface area contributed by atoms with Crippen LogP contribution >= 0.6 is 16.9 Å². The van der Waals surface area contributed by atoms with Crippen molar-refractivity contribution in [2.24, 2.45) is 0 Å². The van der Waals surface area contributed by atoms with Crippen molar-refractivity contribution in [3.05, 3.63) is 0 Å². The molecule has 0 spiro atoms. The molecule has 0 aliphatic carbocycles. The van der Waals surface area contributed by atoms with Gasteiger partial charge in [0.1, 0.15) is 0 Å². The maximum absolute atomic E-state index is 8.70. The summed E-state index contributed by atoms with van der Waals surface area (Å²) in [5, 5.41) is 0. The Morgan fingerprint density at radius 3 is 1.00 bits per heavy atom. The normalized spacial score (nSPS) is 6.20. The highest BCUT2D eigenvalue weighted by Crippen LogP contribution is 2.11. The Labute approximate surface area is 61.7 Å². The summed E-state index contributed by atoms with van der Waals surface area (Å²) in [6.07, 6.45) is 0. The van der Waals surface area contributed by atoms with Gasteiger partial charge in [0, 0.05) is 4.57 Å². The van der Waals surface area contributed by atoms with Gasteiger partial charge >= 0.3 is 16.9 Å². The molecule has 5 N–H and O–H groups in total. The second kappa shape index (κ2) is 16.2. The zero-order valence-corrected chi connectivity index (χ0v) is 5.33. The zero-order chi connectivity index (χ0) is 7.15. The first-order valence-electron chi connectivity index (χ1n) is 1.18. The molecule has 0 aromatic rings. The first-order chi connectivity index (χ1) is 3.46. The van der Waals surface area contributed by atoms with Gasteiger partial charge in [0.25, 0.3) is 0 Å². The van der Waals surface area contributed by atoms with E-state index in [1.54, 1.807) is 0 Å². The topological polar surface area (TPSA) is 118 Å². The summed E-state index contributed by atoms with van der Waals surface area (Å²) < 4.78 is 8.70. The molecule has 0 aliphatic rings. The fourth-order valence-corrected chi connectivity index (χ4v) is 0. The van der Waals surface area contributed by atoms with Crippen molar-refractivity contribution in [3.63, 3.8) is 0 Å². The average molecular weight is 195 g/mol. The predicted octanol–water partition coefficient (Wildman–Crippen LogP) is 0.0908. The second-order valence-corrected chi connectivity index (χ2v) is 1.56. The van der Waals surface area contributed by atoms with Crippen molar-refractivity contribution in [1.82, 2.24) is 0 Å². The number of hydrogen-bond acceptors (Lipinski definition) is 4. The Morgan fingerprint density at radius 1 is 1.00 bits per heavy atom. The van der Waals surface area contributed by atoms with E-state index >= 15 is 0 Å². The Hall–Kier alpha value is 0.330. The van der Waals surface area contributed by atoms with E-state index in [0.717, 1.165) is 0 Å². The fourth-order valence-electron chi connectivity index (χ4n) is 0. The summed E-state index contributed by atoms with van der Waals surface area (Å²) in [4.78, 5) is 35.9. The van der Waals surface area contributed by atoms with Gasteiger partial charge in [0.2, 0.25) is 0 Å². The molecule has 0 aromatic heterocycles. The van der Waals surface area contributed by atoms with Gasteiger partial charge in [0.15, 0.2) is 0 Å². The van der Waals surface area contributed by atoms with Gasteiger partial charge in [-0.3, -0.25) is 0 Å². The van der Waals surface area contributed by atoms with Gasteiger partial charge in [-0.2, -0.15) is 0 Å². The van der Waals surface area contributed by atoms with Crippen LogP contribution in [0.1, 0.15) is 14.9 Å². The summed E-state index contributed by atoms with van der Waals surface area (Å²) >= 11 is 0. The number of hydrogen-bond donors (Lipinski definition) is 5. The average Bonchev–Trinajstić information content (AvgIpc) is 1.25. The van der Waals surface area contributed by atoms with E-state index in [9.17, 15) is 0 Å². The fraction of sp³-hybridized carbons (Fsp3) is 1.00. The third-order valence-electron chi connectivity index (χ3n) is 0. The minimum Gasteiger partial charge on any atom is -0.328 e. The van der Waals surface area contributed by atoms with E-state index in [4.69, 9.17) is 29.0 Å². The SMILES string of the molecule is C.C.O=[P+](O)O.OP(O)O. The van der Waals surface area contributed by atoms with Crippen molar-refractivity contribution >= 4 is 16.9 Å². The number of rotatable bonds is 0. The van der Waals surface area contributed by atoms with Gasteiger partial charge in [-0.25, -0.2) is 0 Å². The van der Waals surface area contributed by atoms with Crippen LogP contribution < -0.4 is 0 Å². The van der Waals surface area contributed by atoms with Gasteiger partial charge in [0.05, 0.1) is 0 Å². The molecule has 0 unspecified atom stereocenters. The van der Waals surface area contributed by atoms with Crippen molar-refractivity contribution in [3.8, 4) is 0 Å². The summed E-state index contributed by atoms with van der Waals surface area (Å²) in [6, 6.07) is 0. The maximum Gasteiger partial charge on any atom is 0.692 e. The molecule has 6 nitrogen and oxygen atoms in total. The quantitative estimate of drug-likeness (QED) is 0.349. The molecule has 0 aromatic carbocycles. The van der Waals surface area contributed by atoms with Gasteiger partial charge in [-0.1, -0.05) is 14.9 Å². The van der Waals surface area contributed by atoms with Gasteiger partial charge in [-0.05, 0) is 0 Å². The Bertz CT molecular complexity index is 58.0. The minimum absolute atomic E-state index is 0. The highest BCUT2D eigenvalue weighted by molar-refractivity contribution is 7.38. The standard InChI is InChI=1S/2CH4.H3O3P.HO3P/c;;2*1-4(2)3/h2*1H4;1-3H;(H-,1,2,3)/p+1. The molecule has 0 bridgehead atoms. The molecule has 0 atom stereocenters. The second-order valence-electron chi connectivity index (χ2n) is 0.521. The molecule has 0 amide bonds. The summed E-state index contributed by atoms with van der Waals surface area (Å²) in [7, 11) is -5.49. The largest absolute Gasteiger partial charge is 0.692 e. The van der Waals surface area contributed by atoms with Crippen LogP contribution in [0.4, 0.5) is 0 Å². The lowest BCUT2D eigenvalue weighted by Gasteiger charge is -1.76. The van der Waals surface area contributed by atoms with E-state index in [2.05, 4.69) is 0 Å². The third kappa shape index (κ3) is 4110. The van der Waals surface area contributed by atoms with Crippen LogP contribution in [0.25, 0.3) is 0 Å². The predicted molar refractivity (Wildman–Crippen MR) is 39.1 cm³/mol. The highest BCUT2D eigenvalue weighted by atomic mass is 31.2. The zero-order valence-electron chi connectivity index (χ0n) is 3.54. The minimum atomic E-state index is -2.87. The van der Waals surface area contributed by atoms with Crippen LogP contribution in [0.5, 0.6) is 0 Å². The van der Waals surface area contributed by atoms with E-state index in [1.807, 2.05) is 0 Å². The van der Waals surface area contributed by atoms with Gasteiger partial charge < -0.3 is 14.7 Å². The van der Waals surface area contributed by atoms with E-state index in [-0.39, 0.29) is 14.9 Å². The van der Waals surface area contributed by atoms with Crippen molar-refractivity contribution in [2.45, 2.75) is 14.9 Å². The smallest absolute Gasteiger partial charge is 0.328 e. The van der Waals surface area contributed by atoms with E-state index < -0.39 is 16.9 Å². The molecule has 0 aliphatic heterocycles. The Kier molecular flexibility index (Phi) is 36.3. The van der Waals surface area contributed by atoms with Crippen molar-refractivity contribution in [2.75, 3.05) is 0 Å². The molecular weight excluding hydrogens is 182 g/mol. The van der Waals surface area contributed by atoms with Crippen LogP contribution in [0, 0.1) is 0 Å². The monoisotopic (exact) mass is 195 g/mol. The van der Waals surface area contributed by atoms with Crippen molar-refractivity contribution < 1.29 is 29.0 Å². The molecule has 0 rings (SSSR count). The van der Waals surface area contributed by atoms with Crippen LogP contribution in [0.3, 0.4) is 0 Å². The summed E-state index contributed by atoms with van der Waals surface area (Å²) in [6.45, 7) is 0. The molecular formula is C2H13O6P2+. The lowest BCUT2D eigenvalue weighted by atomic mass is 12.0. The molecule has 0 fully saturated rings. The lowest BCUT2D eigenvalue weighted by Crippen LogP contribution is -1.54. The first-order valence-corrected chi connectivity index (χ1v) is 3.55. The van der Waals surface area contributed by atoms with Gasteiger partial charge in [-0.15, -0.1) is 9.79 Å². The lowest BCUT2D eigenvalue weighted by molar-refractivity contribution is 0.368. The van der Waals surface area contributed by atoms with E-state index in [0.29, 0.717) is 0 Å². The maximum atomic E-state index is 8.70. The van der Waals surface area contributed by atoms with Crippen LogP contribution in [0.15, 0.2) is 0 Å². The third-order valence-corrected chi connectivity index (χ3v) is 0. The molecule has 0 heterocycles. The van der Waals surface area contributed by atoms with Crippen LogP contribution in [-0.4, -0.2) is 24.5 Å². The highest BCUT2D eigenvalue weighted by Gasteiger charge is 1.93. The van der Waals surface area contributed by atoms with Crippen LogP contribution in [0.2, 0.25) is 0 Å². The van der Waals surface area contributed by atoms with Crippen LogP contribution in [-0.2, 0) is 4.57 Å². The first kappa shape index (κ1) is 22.4. The Balaban J connectivity index is -0.0000000300. The summed E-state index contributed by atoms with van der Waals surface area (Å²) in [5.41, 5.74) is 0. The summed E-state index contributed by atoms with van der Waals surface area (Å²) in [5.74, 6) is 0.